The number of nitrogens with zero attached hydrogens (tertiary/aromatic N) is 4. The average molecular weight is 896 g/mol. The van der Waals surface area contributed by atoms with Crippen LogP contribution in [0, 0.1) is 48.2 Å². The molecule has 5 rings (SSSR count). The van der Waals surface area contributed by atoms with Gasteiger partial charge in [-0.15, -0.1) is 0 Å². The van der Waals surface area contributed by atoms with Gasteiger partial charge in [0.1, 0.15) is 0 Å². The van der Waals surface area contributed by atoms with E-state index in [0.717, 1.165) is 24.4 Å². The van der Waals surface area contributed by atoms with Gasteiger partial charge in [-0.05, 0) is 70.7 Å². The van der Waals surface area contributed by atoms with Gasteiger partial charge in [0.05, 0.1) is 26.7 Å². The van der Waals surface area contributed by atoms with Crippen LogP contribution in [0.4, 0.5) is 11.4 Å². The van der Waals surface area contributed by atoms with Gasteiger partial charge in [0.2, 0.25) is 0 Å². The first-order chi connectivity index (χ1) is 22.2. The fourth-order valence-electron chi connectivity index (χ4n) is 7.14. The Morgan fingerprint density at radius 2 is 1.42 bits per heavy atom. The minimum absolute atomic E-state index is 0. The summed E-state index contributed by atoms with van der Waals surface area (Å²) in [4.78, 5) is 7.81. The Morgan fingerprint density at radius 1 is 0.896 bits per heavy atom. The Bertz CT molecular complexity index is 1510. The Balaban J connectivity index is 0.000000351. The number of rotatable bonds is 8. The van der Waals surface area contributed by atoms with E-state index in [4.69, 9.17) is 24.1 Å². The topological polar surface area (TPSA) is 19.0 Å². The predicted octanol–water partition coefficient (Wildman–Crippen LogP) is 5.69. The zero-order valence-electron chi connectivity index (χ0n) is 30.6. The number of para-hydroxylation sites is 1. The van der Waals surface area contributed by atoms with Crippen LogP contribution in [0.1, 0.15) is 59.7 Å². The largest absolute Gasteiger partial charge is 1.00 e. The molecule has 5 nitrogen and oxygen atoms in total. The molecule has 2 heterocycles. The quantitative estimate of drug-likeness (QED) is 0.125. The Labute approximate surface area is 321 Å². The summed E-state index contributed by atoms with van der Waals surface area (Å²) in [5.74, 6) is 0.850. The van der Waals surface area contributed by atoms with Gasteiger partial charge >= 0.3 is 97.8 Å². The predicted molar refractivity (Wildman–Crippen MR) is 201 cm³/mol. The van der Waals surface area contributed by atoms with Crippen molar-refractivity contribution in [2.45, 2.75) is 74.5 Å². The second-order valence-electron chi connectivity index (χ2n) is 14.0. The van der Waals surface area contributed by atoms with E-state index >= 15 is 0 Å². The van der Waals surface area contributed by atoms with Crippen molar-refractivity contribution in [2.24, 2.45) is 0 Å². The van der Waals surface area contributed by atoms with Gasteiger partial charge in [0.25, 0.3) is 0 Å². The number of quaternary nitrogens is 1. The van der Waals surface area contributed by atoms with Crippen molar-refractivity contribution >= 4 is 35.4 Å². The Hall–Kier alpha value is -1.22. The summed E-state index contributed by atoms with van der Waals surface area (Å²) < 4.78 is 8.72. The molecule has 0 N–H and O–H groups in total. The van der Waals surface area contributed by atoms with Crippen LogP contribution in [0.25, 0.3) is 0 Å². The van der Waals surface area contributed by atoms with Gasteiger partial charge < -0.3 is 38.3 Å². The molecule has 0 aliphatic carbocycles. The molecule has 0 saturated carbocycles. The summed E-state index contributed by atoms with van der Waals surface area (Å²) in [7, 11) is 14.1. The third-order valence-electron chi connectivity index (χ3n) is 9.49. The SMILES string of the molecule is CC(C)Oc1ccccc1[CH]=[Ru]([Cl])[Cl].CC[N+]1(C)CCN(CC2CN(c3c(C)cc(C)cc3C)[CH-]N2c2c(C)cc(C)cc2C)CC1.[I-]. The number of aryl methyl sites for hydroxylation is 6. The average Bonchev–Trinajstić information content (AvgIpc) is 3.36. The van der Waals surface area contributed by atoms with Gasteiger partial charge in [-0.25, -0.2) is 0 Å². The first kappa shape index (κ1) is 41.2. The maximum atomic E-state index is 5.82. The van der Waals surface area contributed by atoms with Crippen LogP contribution < -0.4 is 38.5 Å². The van der Waals surface area contributed by atoms with Crippen LogP contribution in [-0.4, -0.2) is 79.0 Å². The summed E-state index contributed by atoms with van der Waals surface area (Å²) in [5.41, 5.74) is 11.9. The zero-order valence-corrected chi connectivity index (χ0v) is 36.0. The summed E-state index contributed by atoms with van der Waals surface area (Å²) in [6, 6.07) is 17.5. The smallest absolute Gasteiger partial charge is 0.0914 e. The summed E-state index contributed by atoms with van der Waals surface area (Å²) in [5, 5.41) is 0. The molecule has 48 heavy (non-hydrogen) atoms. The fraction of sp³-hybridized carbons (Fsp3) is 0.487. The standard InChI is InChI=1S/C29H44N4.C10H12O.2ClH.HI.Ru/c1-9-33(8)12-10-30(11-13-33)18-27-19-31(28-23(4)14-21(2)15-24(28)5)20-32(27)29-25(6)16-22(3)17-26(29)7;1-8(2)11-10-7-5-4-6-9(10)3;;;;/h14-17,20,27H,9-13,18-19H2,1-8H3;3-8H,1-2H3;3*1H;/q;;;;;+2/p-3. The van der Waals surface area contributed by atoms with Gasteiger partial charge in [-0.1, -0.05) is 35.4 Å². The molecule has 2 aliphatic rings. The summed E-state index contributed by atoms with van der Waals surface area (Å²) >= 11 is -1.77. The van der Waals surface area contributed by atoms with Crippen molar-refractivity contribution in [3.63, 3.8) is 0 Å². The summed E-state index contributed by atoms with van der Waals surface area (Å²) in [6.07, 6.45) is 0.163. The monoisotopic (exact) mass is 895 g/mol. The number of benzene rings is 3. The van der Waals surface area contributed by atoms with Gasteiger partial charge in [-0.2, -0.15) is 6.67 Å². The van der Waals surface area contributed by atoms with Crippen LogP contribution in [0.15, 0.2) is 48.5 Å². The number of hydrogen-bond acceptors (Lipinski definition) is 4. The maximum Gasteiger partial charge on any atom is 0.0914 e. The molecule has 1 atom stereocenters. The maximum absolute atomic E-state index is 5.82. The molecule has 3 aromatic rings. The third-order valence-corrected chi connectivity index (χ3v) is 11.3. The van der Waals surface area contributed by atoms with Crippen LogP contribution >= 0.6 is 19.4 Å². The van der Waals surface area contributed by atoms with Gasteiger partial charge in [-0.3, -0.25) is 4.90 Å². The van der Waals surface area contributed by atoms with E-state index in [1.54, 1.807) is 0 Å². The molecule has 0 radical (unpaired) electrons. The van der Waals surface area contributed by atoms with Crippen LogP contribution in [0.5, 0.6) is 5.75 Å². The Morgan fingerprint density at radius 3 is 1.92 bits per heavy atom. The first-order valence-corrected chi connectivity index (χ1v) is 22.4. The zero-order chi connectivity index (χ0) is 34.5. The van der Waals surface area contributed by atoms with Gasteiger partial charge in [0, 0.05) is 43.6 Å². The number of likely N-dealkylation sites (N-methyl/N-ethyl adjacent to an activating group) is 1. The van der Waals surface area contributed by atoms with Crippen LogP contribution in [-0.2, 0) is 13.5 Å². The number of hydrogen-bond donors (Lipinski definition) is 0. The molecule has 2 fully saturated rings. The first-order valence-electron chi connectivity index (χ1n) is 16.9. The van der Waals surface area contributed by atoms with E-state index in [2.05, 4.69) is 101 Å². The molecule has 0 amide bonds. The minimum Gasteiger partial charge on any atom is -1.00 e. The Kier molecular flexibility index (Phi) is 15.7. The van der Waals surface area contributed by atoms with E-state index in [0.29, 0.717) is 6.04 Å². The van der Waals surface area contributed by atoms with E-state index in [9.17, 15) is 0 Å². The number of halogens is 3. The second kappa shape index (κ2) is 18.3. The molecule has 1 unspecified atom stereocenters. The molecular formula is C39H56Cl2IN4ORu-. The van der Waals surface area contributed by atoms with Crippen molar-refractivity contribution in [3.05, 3.63) is 94.1 Å². The van der Waals surface area contributed by atoms with Crippen molar-refractivity contribution in [1.29, 1.82) is 0 Å². The molecule has 3 aromatic carbocycles. The van der Waals surface area contributed by atoms with Crippen molar-refractivity contribution < 1.29 is 46.7 Å². The molecule has 268 valence electrons. The molecule has 0 spiro atoms. The van der Waals surface area contributed by atoms with E-state index in [1.165, 1.54) is 82.0 Å². The second-order valence-corrected chi connectivity index (χ2v) is 19.7. The fourth-order valence-corrected chi connectivity index (χ4v) is 8.95. The molecular weight excluding hydrogens is 839 g/mol. The molecule has 0 aromatic heterocycles. The van der Waals surface area contributed by atoms with Crippen molar-refractivity contribution in [1.82, 2.24) is 4.90 Å². The van der Waals surface area contributed by atoms with E-state index in [1.807, 2.05) is 42.7 Å². The van der Waals surface area contributed by atoms with E-state index in [-0.39, 0.29) is 30.1 Å². The number of ether oxygens (including phenoxy) is 1. The molecule has 0 bridgehead atoms. The van der Waals surface area contributed by atoms with E-state index < -0.39 is 13.5 Å². The molecule has 2 aliphatic heterocycles. The molecule has 2 saturated heterocycles. The van der Waals surface area contributed by atoms with Crippen molar-refractivity contribution in [2.75, 3.05) is 62.7 Å². The van der Waals surface area contributed by atoms with Crippen LogP contribution in [0.2, 0.25) is 0 Å². The third kappa shape index (κ3) is 10.9. The van der Waals surface area contributed by atoms with Gasteiger partial charge in [0.15, 0.2) is 0 Å². The minimum atomic E-state index is -1.77. The number of anilines is 2. The number of piperazine rings is 1. The normalized spacial score (nSPS) is 17.9. The summed E-state index contributed by atoms with van der Waals surface area (Å²) in [6.45, 7) is 30.5. The van der Waals surface area contributed by atoms with Crippen molar-refractivity contribution in [3.8, 4) is 5.75 Å². The molecule has 9 heteroatoms. The van der Waals surface area contributed by atoms with Crippen LogP contribution in [0.3, 0.4) is 0 Å².